The van der Waals surface area contributed by atoms with Crippen LogP contribution in [0.2, 0.25) is 0 Å². The Morgan fingerprint density at radius 2 is 2.00 bits per heavy atom. The van der Waals surface area contributed by atoms with Gasteiger partial charge in [-0.15, -0.1) is 24.0 Å². The molecule has 2 aliphatic rings. The molecule has 2 heterocycles. The minimum absolute atomic E-state index is 0. The van der Waals surface area contributed by atoms with E-state index < -0.39 is 0 Å². The summed E-state index contributed by atoms with van der Waals surface area (Å²) in [7, 11) is 5.85. The Labute approximate surface area is 184 Å². The van der Waals surface area contributed by atoms with Gasteiger partial charge in [-0.2, -0.15) is 16.9 Å². The number of hydrogen-bond acceptors (Lipinski definition) is 5. The van der Waals surface area contributed by atoms with Crippen LogP contribution in [0.25, 0.3) is 0 Å². The van der Waals surface area contributed by atoms with Crippen molar-refractivity contribution in [2.45, 2.75) is 44.2 Å². The van der Waals surface area contributed by atoms with E-state index in [4.69, 9.17) is 0 Å². The summed E-state index contributed by atoms with van der Waals surface area (Å²) in [5.41, 5.74) is 0.292. The molecule has 0 atom stereocenters. The molecular formula is C18H34IN7S. The van der Waals surface area contributed by atoms with E-state index in [1.165, 1.54) is 56.7 Å². The van der Waals surface area contributed by atoms with E-state index in [9.17, 15) is 0 Å². The van der Waals surface area contributed by atoms with Crippen molar-refractivity contribution in [1.29, 1.82) is 0 Å². The summed E-state index contributed by atoms with van der Waals surface area (Å²) in [6.45, 7) is 4.12. The van der Waals surface area contributed by atoms with Crippen LogP contribution in [0.15, 0.2) is 11.3 Å². The first-order chi connectivity index (χ1) is 12.6. The Balaban J connectivity index is 0.00000261. The summed E-state index contributed by atoms with van der Waals surface area (Å²) in [5.74, 6) is 4.41. The Hall–Kier alpha value is -0.550. The van der Waals surface area contributed by atoms with E-state index in [1.807, 2.05) is 18.8 Å². The Morgan fingerprint density at radius 1 is 1.30 bits per heavy atom. The number of halogens is 1. The highest BCUT2D eigenvalue weighted by atomic mass is 127. The van der Waals surface area contributed by atoms with Gasteiger partial charge in [0.1, 0.15) is 12.2 Å². The summed E-state index contributed by atoms with van der Waals surface area (Å²) < 4.78 is 1.82. The normalized spacial score (nSPS) is 20.8. The van der Waals surface area contributed by atoms with Crippen LogP contribution >= 0.6 is 35.7 Å². The monoisotopic (exact) mass is 507 g/mol. The van der Waals surface area contributed by atoms with Gasteiger partial charge < -0.3 is 10.2 Å². The zero-order chi connectivity index (χ0) is 18.4. The molecule has 154 valence electrons. The third-order valence-corrected chi connectivity index (χ3v) is 6.74. The Morgan fingerprint density at radius 3 is 2.59 bits per heavy atom. The number of hydrogen-bond donors (Lipinski definition) is 1. The number of aliphatic imine (C=N–C) groups is 1. The van der Waals surface area contributed by atoms with Crippen LogP contribution < -0.4 is 5.32 Å². The van der Waals surface area contributed by atoms with Crippen LogP contribution in [0, 0.1) is 0 Å². The zero-order valence-electron chi connectivity index (χ0n) is 16.9. The van der Waals surface area contributed by atoms with Gasteiger partial charge in [0, 0.05) is 57.8 Å². The van der Waals surface area contributed by atoms with E-state index in [0.29, 0.717) is 12.1 Å². The molecule has 3 rings (SSSR count). The van der Waals surface area contributed by atoms with Crippen LogP contribution in [0.3, 0.4) is 0 Å². The number of thioether (sulfide) groups is 1. The van der Waals surface area contributed by atoms with Gasteiger partial charge in [0.15, 0.2) is 5.96 Å². The van der Waals surface area contributed by atoms with Gasteiger partial charge in [0.25, 0.3) is 0 Å². The fourth-order valence-electron chi connectivity index (χ4n) is 4.23. The summed E-state index contributed by atoms with van der Waals surface area (Å²) >= 11 is 2.09. The van der Waals surface area contributed by atoms with Gasteiger partial charge >= 0.3 is 0 Å². The molecule has 0 amide bonds. The number of guanidine groups is 1. The molecule has 0 aromatic carbocycles. The van der Waals surface area contributed by atoms with Crippen molar-refractivity contribution in [3.8, 4) is 0 Å². The second kappa shape index (κ2) is 10.8. The predicted molar refractivity (Wildman–Crippen MR) is 124 cm³/mol. The highest BCUT2D eigenvalue weighted by Crippen LogP contribution is 2.34. The molecule has 0 bridgehead atoms. The zero-order valence-corrected chi connectivity index (χ0v) is 20.0. The molecule has 1 saturated heterocycles. The van der Waals surface area contributed by atoms with E-state index in [-0.39, 0.29) is 24.0 Å². The summed E-state index contributed by atoms with van der Waals surface area (Å²) in [6.07, 6.45) is 8.27. The van der Waals surface area contributed by atoms with Crippen LogP contribution in [-0.2, 0) is 13.6 Å². The summed E-state index contributed by atoms with van der Waals surface area (Å²) in [4.78, 5) is 13.7. The maximum Gasteiger partial charge on any atom is 0.193 e. The molecule has 2 fully saturated rings. The Kier molecular flexibility index (Phi) is 9.13. The molecule has 7 nitrogen and oxygen atoms in total. The average Bonchev–Trinajstić information content (AvgIpc) is 3.08. The van der Waals surface area contributed by atoms with Crippen LogP contribution in [0.5, 0.6) is 0 Å². The predicted octanol–water partition coefficient (Wildman–Crippen LogP) is 2.19. The molecule has 1 aromatic heterocycles. The van der Waals surface area contributed by atoms with Crippen LogP contribution in [0.1, 0.15) is 37.9 Å². The molecule has 1 aromatic rings. The number of rotatable bonds is 5. The quantitative estimate of drug-likeness (QED) is 0.375. The van der Waals surface area contributed by atoms with E-state index >= 15 is 0 Å². The summed E-state index contributed by atoms with van der Waals surface area (Å²) in [5, 5.41) is 7.84. The number of nitrogens with one attached hydrogen (secondary N) is 1. The SMILES string of the molecule is CN=C(NCC1(N2CCSCC2)CCCCC1)N(C)Cc1ncnn1C.I. The average molecular weight is 507 g/mol. The van der Waals surface area contributed by atoms with Crippen molar-refractivity contribution in [2.24, 2.45) is 12.0 Å². The minimum atomic E-state index is 0. The fourth-order valence-corrected chi connectivity index (χ4v) is 5.13. The molecule has 27 heavy (non-hydrogen) atoms. The van der Waals surface area contributed by atoms with Gasteiger partial charge in [-0.25, -0.2) is 4.98 Å². The van der Waals surface area contributed by atoms with Crippen molar-refractivity contribution in [2.75, 3.05) is 45.2 Å². The third kappa shape index (κ3) is 5.72. The van der Waals surface area contributed by atoms with Crippen molar-refractivity contribution in [3.05, 3.63) is 12.2 Å². The van der Waals surface area contributed by atoms with Crippen molar-refractivity contribution < 1.29 is 0 Å². The molecule has 1 aliphatic heterocycles. The van der Waals surface area contributed by atoms with Gasteiger partial charge in [0.2, 0.25) is 0 Å². The maximum absolute atomic E-state index is 4.51. The Bertz CT molecular complexity index is 594. The molecule has 9 heteroatoms. The maximum atomic E-state index is 4.51. The lowest BCUT2D eigenvalue weighted by molar-refractivity contribution is 0.0621. The van der Waals surface area contributed by atoms with Crippen LogP contribution in [0.4, 0.5) is 0 Å². The lowest BCUT2D eigenvalue weighted by Crippen LogP contribution is -2.59. The van der Waals surface area contributed by atoms with Crippen LogP contribution in [-0.4, -0.2) is 81.3 Å². The first-order valence-electron chi connectivity index (χ1n) is 9.72. The molecule has 0 unspecified atom stereocenters. The third-order valence-electron chi connectivity index (χ3n) is 5.80. The first kappa shape index (κ1) is 22.7. The highest BCUT2D eigenvalue weighted by molar-refractivity contribution is 14.0. The smallest absolute Gasteiger partial charge is 0.193 e. The molecule has 0 radical (unpaired) electrons. The van der Waals surface area contributed by atoms with Gasteiger partial charge in [-0.05, 0) is 12.8 Å². The lowest BCUT2D eigenvalue weighted by atomic mass is 9.80. The first-order valence-corrected chi connectivity index (χ1v) is 10.9. The lowest BCUT2D eigenvalue weighted by Gasteiger charge is -2.48. The van der Waals surface area contributed by atoms with Crippen molar-refractivity contribution in [3.63, 3.8) is 0 Å². The van der Waals surface area contributed by atoms with Gasteiger partial charge in [0.05, 0.1) is 6.54 Å². The second-order valence-electron chi connectivity index (χ2n) is 7.44. The van der Waals surface area contributed by atoms with E-state index in [1.54, 1.807) is 6.33 Å². The van der Waals surface area contributed by atoms with Gasteiger partial charge in [-0.1, -0.05) is 19.3 Å². The topological polar surface area (TPSA) is 61.6 Å². The second-order valence-corrected chi connectivity index (χ2v) is 8.67. The van der Waals surface area contributed by atoms with Gasteiger partial charge in [-0.3, -0.25) is 14.6 Å². The molecular weight excluding hydrogens is 473 g/mol. The van der Waals surface area contributed by atoms with E-state index in [0.717, 1.165) is 18.3 Å². The summed E-state index contributed by atoms with van der Waals surface area (Å²) in [6, 6.07) is 0. The highest BCUT2D eigenvalue weighted by Gasteiger charge is 2.38. The van der Waals surface area contributed by atoms with E-state index in [2.05, 4.69) is 49.0 Å². The van der Waals surface area contributed by atoms with Crippen molar-refractivity contribution in [1.82, 2.24) is 29.9 Å². The standard InChI is InChI=1S/C18H33N7S.HI/c1-19-17(23(2)13-16-21-15-22-24(16)3)20-14-18(7-5-4-6-8-18)25-9-11-26-12-10-25;/h15H,4-14H2,1-3H3,(H,19,20);1H. The minimum Gasteiger partial charge on any atom is -0.354 e. The molecule has 1 saturated carbocycles. The largest absolute Gasteiger partial charge is 0.354 e. The fraction of sp³-hybridized carbons (Fsp3) is 0.833. The molecule has 1 aliphatic carbocycles. The number of aryl methyl sites for hydroxylation is 1. The molecule has 1 N–H and O–H groups in total. The molecule has 0 spiro atoms. The van der Waals surface area contributed by atoms with Crippen molar-refractivity contribution >= 4 is 41.7 Å². The number of aromatic nitrogens is 3. The number of nitrogens with zero attached hydrogens (tertiary/aromatic N) is 6.